The molecule has 0 heterocycles. The van der Waals surface area contributed by atoms with E-state index in [2.05, 4.69) is 5.32 Å². The minimum atomic E-state index is -0.355. The molecule has 0 saturated carbocycles. The first-order valence-corrected chi connectivity index (χ1v) is 6.34. The van der Waals surface area contributed by atoms with Gasteiger partial charge in [0.2, 0.25) is 11.8 Å². The van der Waals surface area contributed by atoms with Crippen molar-refractivity contribution in [3.8, 4) is 0 Å². The second-order valence-electron chi connectivity index (χ2n) is 4.35. The van der Waals surface area contributed by atoms with E-state index >= 15 is 0 Å². The van der Waals surface area contributed by atoms with Crippen molar-refractivity contribution in [3.63, 3.8) is 0 Å². The molecule has 1 aromatic rings. The van der Waals surface area contributed by atoms with Crippen LogP contribution in [0.2, 0.25) is 0 Å². The Hall–Kier alpha value is -1.91. The monoisotopic (exact) mass is 266 g/mol. The molecule has 0 bridgehead atoms. The number of carbonyl (C=O) groups is 2. The van der Waals surface area contributed by atoms with Gasteiger partial charge in [0.25, 0.3) is 0 Å². The normalized spacial score (nSPS) is 10.1. The standard InChI is InChI=1S/C14H19FN2O2/c1-3-4-9-17(11(2)18)10-14(19)16-13-7-5-12(15)6-8-13/h5-8H,3-4,9-10H2,1-2H3,(H,16,19). The summed E-state index contributed by atoms with van der Waals surface area (Å²) in [6.07, 6.45) is 1.83. The number of halogens is 1. The molecular weight excluding hydrogens is 247 g/mol. The van der Waals surface area contributed by atoms with Gasteiger partial charge in [-0.3, -0.25) is 9.59 Å². The Labute approximate surface area is 112 Å². The predicted octanol–water partition coefficient (Wildman–Crippen LogP) is 2.41. The van der Waals surface area contributed by atoms with Gasteiger partial charge in [-0.2, -0.15) is 0 Å². The van der Waals surface area contributed by atoms with E-state index in [1.165, 1.54) is 36.1 Å². The van der Waals surface area contributed by atoms with Crippen LogP contribution in [0.15, 0.2) is 24.3 Å². The molecule has 4 nitrogen and oxygen atoms in total. The van der Waals surface area contributed by atoms with E-state index in [0.29, 0.717) is 12.2 Å². The lowest BCUT2D eigenvalue weighted by Crippen LogP contribution is -2.37. The van der Waals surface area contributed by atoms with Crippen LogP contribution in [0.1, 0.15) is 26.7 Å². The van der Waals surface area contributed by atoms with Crippen LogP contribution in [0.25, 0.3) is 0 Å². The number of rotatable bonds is 6. The number of hydrogen-bond acceptors (Lipinski definition) is 2. The third-order valence-electron chi connectivity index (χ3n) is 2.69. The zero-order valence-electron chi connectivity index (χ0n) is 11.3. The summed E-state index contributed by atoms with van der Waals surface area (Å²) in [5.41, 5.74) is 0.519. The summed E-state index contributed by atoms with van der Waals surface area (Å²) in [6.45, 7) is 4.06. The molecule has 1 aromatic carbocycles. The van der Waals surface area contributed by atoms with Crippen LogP contribution >= 0.6 is 0 Å². The number of nitrogens with zero attached hydrogens (tertiary/aromatic N) is 1. The molecule has 19 heavy (non-hydrogen) atoms. The fraction of sp³-hybridized carbons (Fsp3) is 0.429. The number of amides is 2. The topological polar surface area (TPSA) is 49.4 Å². The van der Waals surface area contributed by atoms with Crippen LogP contribution in [0, 0.1) is 5.82 Å². The summed E-state index contributed by atoms with van der Waals surface area (Å²) in [6, 6.07) is 5.51. The third kappa shape index (κ3) is 5.50. The Balaban J connectivity index is 2.52. The lowest BCUT2D eigenvalue weighted by molar-refractivity contribution is -0.132. The quantitative estimate of drug-likeness (QED) is 0.859. The van der Waals surface area contributed by atoms with Crippen LogP contribution < -0.4 is 5.32 Å². The molecule has 0 fully saturated rings. The van der Waals surface area contributed by atoms with E-state index in [4.69, 9.17) is 0 Å². The molecule has 0 atom stereocenters. The van der Waals surface area contributed by atoms with E-state index in [1.54, 1.807) is 0 Å². The molecular formula is C14H19FN2O2. The number of nitrogens with one attached hydrogen (secondary N) is 1. The smallest absolute Gasteiger partial charge is 0.243 e. The third-order valence-corrected chi connectivity index (χ3v) is 2.69. The van der Waals surface area contributed by atoms with Crippen LogP contribution in [0.4, 0.5) is 10.1 Å². The second-order valence-corrected chi connectivity index (χ2v) is 4.35. The van der Waals surface area contributed by atoms with Gasteiger partial charge in [0.15, 0.2) is 0 Å². The molecule has 0 saturated heterocycles. The van der Waals surface area contributed by atoms with Crippen LogP contribution in [-0.2, 0) is 9.59 Å². The summed E-state index contributed by atoms with van der Waals surface area (Å²) in [4.78, 5) is 24.7. The summed E-state index contributed by atoms with van der Waals surface area (Å²) in [5, 5.41) is 2.63. The molecule has 0 radical (unpaired) electrons. The zero-order chi connectivity index (χ0) is 14.3. The molecule has 0 aliphatic heterocycles. The van der Waals surface area contributed by atoms with Crippen molar-refractivity contribution in [1.82, 2.24) is 4.90 Å². The Bertz CT molecular complexity index is 432. The molecule has 104 valence electrons. The Morgan fingerprint density at radius 1 is 1.26 bits per heavy atom. The highest BCUT2D eigenvalue weighted by Gasteiger charge is 2.13. The largest absolute Gasteiger partial charge is 0.334 e. The van der Waals surface area contributed by atoms with E-state index in [0.717, 1.165) is 12.8 Å². The maximum absolute atomic E-state index is 12.7. The van der Waals surface area contributed by atoms with Crippen molar-refractivity contribution in [2.45, 2.75) is 26.7 Å². The fourth-order valence-electron chi connectivity index (χ4n) is 1.60. The van der Waals surface area contributed by atoms with Gasteiger partial charge in [0.05, 0.1) is 6.54 Å². The summed E-state index contributed by atoms with van der Waals surface area (Å²) in [5.74, 6) is -0.757. The molecule has 0 aliphatic rings. The SMILES string of the molecule is CCCCN(CC(=O)Nc1ccc(F)cc1)C(C)=O. The maximum Gasteiger partial charge on any atom is 0.243 e. The van der Waals surface area contributed by atoms with E-state index in [-0.39, 0.29) is 24.2 Å². The first-order chi connectivity index (χ1) is 9.02. The molecule has 1 N–H and O–H groups in total. The number of unbranched alkanes of at least 4 members (excludes halogenated alkanes) is 1. The van der Waals surface area contributed by atoms with E-state index in [9.17, 15) is 14.0 Å². The average molecular weight is 266 g/mol. The second kappa shape index (κ2) is 7.51. The van der Waals surface area contributed by atoms with Gasteiger partial charge in [-0.25, -0.2) is 4.39 Å². The first kappa shape index (κ1) is 15.1. The lowest BCUT2D eigenvalue weighted by atomic mass is 10.3. The van der Waals surface area contributed by atoms with Gasteiger partial charge in [-0.05, 0) is 30.7 Å². The molecule has 0 spiro atoms. The molecule has 5 heteroatoms. The Morgan fingerprint density at radius 2 is 1.89 bits per heavy atom. The van der Waals surface area contributed by atoms with Crippen LogP contribution in [0.3, 0.4) is 0 Å². The van der Waals surface area contributed by atoms with Gasteiger partial charge >= 0.3 is 0 Å². The number of anilines is 1. The van der Waals surface area contributed by atoms with Gasteiger partial charge in [-0.1, -0.05) is 13.3 Å². The van der Waals surface area contributed by atoms with Gasteiger partial charge < -0.3 is 10.2 Å². The predicted molar refractivity (Wildman–Crippen MR) is 72.2 cm³/mol. The van der Waals surface area contributed by atoms with Crippen molar-refractivity contribution < 1.29 is 14.0 Å². The molecule has 0 aliphatic carbocycles. The Kier molecular flexibility index (Phi) is 5.99. The summed E-state index contributed by atoms with van der Waals surface area (Å²) < 4.78 is 12.7. The summed E-state index contributed by atoms with van der Waals surface area (Å²) >= 11 is 0. The zero-order valence-corrected chi connectivity index (χ0v) is 11.3. The Morgan fingerprint density at radius 3 is 2.42 bits per heavy atom. The summed E-state index contributed by atoms with van der Waals surface area (Å²) in [7, 11) is 0. The van der Waals surface area contributed by atoms with Gasteiger partial charge in [0, 0.05) is 19.2 Å². The maximum atomic E-state index is 12.7. The van der Waals surface area contributed by atoms with E-state index < -0.39 is 0 Å². The van der Waals surface area contributed by atoms with Crippen molar-refractivity contribution in [2.75, 3.05) is 18.4 Å². The molecule has 0 unspecified atom stereocenters. The first-order valence-electron chi connectivity index (χ1n) is 6.34. The fourth-order valence-corrected chi connectivity index (χ4v) is 1.60. The molecule has 1 rings (SSSR count). The van der Waals surface area contributed by atoms with Crippen LogP contribution in [-0.4, -0.2) is 29.8 Å². The van der Waals surface area contributed by atoms with Gasteiger partial charge in [0.1, 0.15) is 5.82 Å². The number of hydrogen-bond donors (Lipinski definition) is 1. The highest BCUT2D eigenvalue weighted by molar-refractivity contribution is 5.94. The molecule has 0 aromatic heterocycles. The highest BCUT2D eigenvalue weighted by Crippen LogP contribution is 2.08. The minimum Gasteiger partial charge on any atom is -0.334 e. The van der Waals surface area contributed by atoms with E-state index in [1.807, 2.05) is 6.92 Å². The molecule has 2 amide bonds. The van der Waals surface area contributed by atoms with Gasteiger partial charge in [-0.15, -0.1) is 0 Å². The average Bonchev–Trinajstić information content (AvgIpc) is 2.37. The van der Waals surface area contributed by atoms with Crippen molar-refractivity contribution in [1.29, 1.82) is 0 Å². The van der Waals surface area contributed by atoms with Crippen molar-refractivity contribution in [2.24, 2.45) is 0 Å². The van der Waals surface area contributed by atoms with Crippen molar-refractivity contribution in [3.05, 3.63) is 30.1 Å². The van der Waals surface area contributed by atoms with Crippen LogP contribution in [0.5, 0.6) is 0 Å². The lowest BCUT2D eigenvalue weighted by Gasteiger charge is -2.20. The highest BCUT2D eigenvalue weighted by atomic mass is 19.1. The minimum absolute atomic E-state index is 0.0205. The van der Waals surface area contributed by atoms with Crippen molar-refractivity contribution >= 4 is 17.5 Å². The number of carbonyl (C=O) groups excluding carboxylic acids is 2. The number of benzene rings is 1.